The van der Waals surface area contributed by atoms with Crippen LogP contribution >= 0.6 is 0 Å². The van der Waals surface area contributed by atoms with Crippen LogP contribution in [0.25, 0.3) is 0 Å². The first-order valence-electron chi connectivity index (χ1n) is 9.82. The maximum absolute atomic E-state index is 11.7. The van der Waals surface area contributed by atoms with Crippen LogP contribution in [0.15, 0.2) is 42.5 Å². The average molecular weight is 367 g/mol. The van der Waals surface area contributed by atoms with E-state index >= 15 is 0 Å². The van der Waals surface area contributed by atoms with Gasteiger partial charge in [-0.3, -0.25) is 14.6 Å². The molecule has 1 heterocycles. The van der Waals surface area contributed by atoms with Crippen LogP contribution < -0.4 is 4.74 Å². The molecule has 4 heteroatoms. The zero-order valence-electron chi connectivity index (χ0n) is 16.7. The van der Waals surface area contributed by atoms with Crippen LogP contribution in [-0.2, 0) is 13.1 Å². The molecule has 1 saturated heterocycles. The molecule has 144 valence electrons. The van der Waals surface area contributed by atoms with Gasteiger partial charge in [-0.05, 0) is 44.5 Å². The predicted molar refractivity (Wildman–Crippen MR) is 109 cm³/mol. The van der Waals surface area contributed by atoms with Gasteiger partial charge in [-0.1, -0.05) is 29.8 Å². The highest BCUT2D eigenvalue weighted by Crippen LogP contribution is 2.23. The molecule has 0 spiro atoms. The number of benzene rings is 2. The summed E-state index contributed by atoms with van der Waals surface area (Å²) in [5, 5.41) is 0. The molecule has 0 bridgehead atoms. The smallest absolute Gasteiger partial charge is 0.159 e. The number of hydrogen-bond acceptors (Lipinski definition) is 4. The van der Waals surface area contributed by atoms with E-state index < -0.39 is 0 Å². The minimum Gasteiger partial charge on any atom is -0.494 e. The van der Waals surface area contributed by atoms with Gasteiger partial charge in [-0.25, -0.2) is 0 Å². The summed E-state index contributed by atoms with van der Waals surface area (Å²) in [6.45, 7) is 12.4. The van der Waals surface area contributed by atoms with E-state index in [-0.39, 0.29) is 5.78 Å². The molecule has 4 nitrogen and oxygen atoms in total. The summed E-state index contributed by atoms with van der Waals surface area (Å²) in [6.07, 6.45) is 0. The van der Waals surface area contributed by atoms with Crippen molar-refractivity contribution < 1.29 is 9.53 Å². The van der Waals surface area contributed by atoms with Crippen LogP contribution in [0.3, 0.4) is 0 Å². The van der Waals surface area contributed by atoms with Gasteiger partial charge in [0.1, 0.15) is 5.75 Å². The summed E-state index contributed by atoms with van der Waals surface area (Å²) >= 11 is 0. The van der Waals surface area contributed by atoms with E-state index in [9.17, 15) is 4.79 Å². The number of ketones is 1. The lowest BCUT2D eigenvalue weighted by Gasteiger charge is -2.35. The average Bonchev–Trinajstić information content (AvgIpc) is 2.65. The Kier molecular flexibility index (Phi) is 6.64. The van der Waals surface area contributed by atoms with Gasteiger partial charge in [0, 0.05) is 50.4 Å². The molecule has 0 amide bonds. The van der Waals surface area contributed by atoms with Gasteiger partial charge in [-0.2, -0.15) is 0 Å². The van der Waals surface area contributed by atoms with Crippen molar-refractivity contribution in [2.75, 3.05) is 32.8 Å². The van der Waals surface area contributed by atoms with Gasteiger partial charge in [0.2, 0.25) is 0 Å². The molecule has 0 unspecified atom stereocenters. The maximum Gasteiger partial charge on any atom is 0.159 e. The number of aryl methyl sites for hydroxylation is 1. The van der Waals surface area contributed by atoms with Gasteiger partial charge in [0.15, 0.2) is 5.78 Å². The molecule has 0 aromatic heterocycles. The fourth-order valence-corrected chi connectivity index (χ4v) is 3.63. The van der Waals surface area contributed by atoms with Gasteiger partial charge < -0.3 is 4.74 Å². The summed E-state index contributed by atoms with van der Waals surface area (Å²) in [5.41, 5.74) is 4.57. The molecule has 1 fully saturated rings. The largest absolute Gasteiger partial charge is 0.494 e. The molecule has 0 N–H and O–H groups in total. The fraction of sp³-hybridized carbons (Fsp3) is 0.435. The Morgan fingerprint density at radius 2 is 1.70 bits per heavy atom. The van der Waals surface area contributed by atoms with E-state index in [4.69, 9.17) is 4.74 Å². The number of hydrogen-bond donors (Lipinski definition) is 0. The number of piperazine rings is 1. The van der Waals surface area contributed by atoms with Gasteiger partial charge >= 0.3 is 0 Å². The first kappa shape index (κ1) is 19.6. The van der Waals surface area contributed by atoms with Crippen LogP contribution in [0.1, 0.15) is 40.9 Å². The molecule has 2 aromatic carbocycles. The summed E-state index contributed by atoms with van der Waals surface area (Å²) in [4.78, 5) is 16.7. The Labute approximate surface area is 162 Å². The second-order valence-corrected chi connectivity index (χ2v) is 7.35. The van der Waals surface area contributed by atoms with Crippen molar-refractivity contribution in [2.45, 2.75) is 33.9 Å². The quantitative estimate of drug-likeness (QED) is 0.696. The van der Waals surface area contributed by atoms with Crippen LogP contribution in [-0.4, -0.2) is 48.4 Å². The molecule has 0 saturated carbocycles. The normalized spacial score (nSPS) is 15.7. The Hall–Kier alpha value is -2.17. The molecule has 3 rings (SSSR count). The maximum atomic E-state index is 11.7. The molecule has 0 radical (unpaired) electrons. The van der Waals surface area contributed by atoms with Crippen molar-refractivity contribution in [1.29, 1.82) is 0 Å². The van der Waals surface area contributed by atoms with E-state index in [1.807, 2.05) is 25.1 Å². The van der Waals surface area contributed by atoms with Gasteiger partial charge in [0.25, 0.3) is 0 Å². The fourth-order valence-electron chi connectivity index (χ4n) is 3.63. The molecule has 0 aliphatic carbocycles. The van der Waals surface area contributed by atoms with E-state index in [2.05, 4.69) is 41.0 Å². The van der Waals surface area contributed by atoms with Crippen LogP contribution in [0.4, 0.5) is 0 Å². The van der Waals surface area contributed by atoms with Crippen LogP contribution in [0, 0.1) is 6.92 Å². The van der Waals surface area contributed by atoms with Crippen molar-refractivity contribution in [2.24, 2.45) is 0 Å². The van der Waals surface area contributed by atoms with Crippen molar-refractivity contribution in [3.63, 3.8) is 0 Å². The van der Waals surface area contributed by atoms with Crippen molar-refractivity contribution in [3.8, 4) is 5.75 Å². The standard InChI is InChI=1S/C23H30N2O2/c1-4-27-23-9-8-21(19(3)26)15-22(23)17-25-12-10-24(11-13-25)16-20-7-5-6-18(2)14-20/h5-9,14-15H,4,10-13,16-17H2,1-3H3. The number of carbonyl (C=O) groups is 1. The van der Waals surface area contributed by atoms with E-state index in [1.54, 1.807) is 6.92 Å². The lowest BCUT2D eigenvalue weighted by atomic mass is 10.1. The second kappa shape index (κ2) is 9.16. The highest BCUT2D eigenvalue weighted by molar-refractivity contribution is 5.94. The highest BCUT2D eigenvalue weighted by atomic mass is 16.5. The third kappa shape index (κ3) is 5.41. The summed E-state index contributed by atoms with van der Waals surface area (Å²) < 4.78 is 5.78. The molecular weight excluding hydrogens is 336 g/mol. The first-order chi connectivity index (χ1) is 13.0. The number of ether oxygens (including phenoxy) is 1. The molecule has 0 atom stereocenters. The predicted octanol–water partition coefficient (Wildman–Crippen LogP) is 3.91. The number of nitrogens with zero attached hydrogens (tertiary/aromatic N) is 2. The summed E-state index contributed by atoms with van der Waals surface area (Å²) in [6, 6.07) is 14.5. The van der Waals surface area contributed by atoms with Gasteiger partial charge in [-0.15, -0.1) is 0 Å². The molecular formula is C23H30N2O2. The van der Waals surface area contributed by atoms with Gasteiger partial charge in [0.05, 0.1) is 6.61 Å². The first-order valence-corrected chi connectivity index (χ1v) is 9.82. The van der Waals surface area contributed by atoms with Crippen LogP contribution in [0.5, 0.6) is 5.75 Å². The zero-order valence-corrected chi connectivity index (χ0v) is 16.7. The molecule has 1 aliphatic heterocycles. The van der Waals surface area contributed by atoms with Crippen molar-refractivity contribution in [1.82, 2.24) is 9.80 Å². The topological polar surface area (TPSA) is 32.8 Å². The number of carbonyl (C=O) groups excluding carboxylic acids is 1. The lowest BCUT2D eigenvalue weighted by Crippen LogP contribution is -2.45. The third-order valence-corrected chi connectivity index (χ3v) is 5.11. The zero-order chi connectivity index (χ0) is 19.2. The third-order valence-electron chi connectivity index (χ3n) is 5.11. The summed E-state index contributed by atoms with van der Waals surface area (Å²) in [7, 11) is 0. The van der Waals surface area contributed by atoms with E-state index in [1.165, 1.54) is 11.1 Å². The SMILES string of the molecule is CCOc1ccc(C(C)=O)cc1CN1CCN(Cc2cccc(C)c2)CC1. The Morgan fingerprint density at radius 1 is 1.00 bits per heavy atom. The van der Waals surface area contributed by atoms with Crippen molar-refractivity contribution in [3.05, 3.63) is 64.7 Å². The Bertz CT molecular complexity index is 780. The minimum absolute atomic E-state index is 0.0993. The number of Topliss-reactive ketones (excluding diaryl/α,β-unsaturated/α-hetero) is 1. The Balaban J connectivity index is 1.60. The highest BCUT2D eigenvalue weighted by Gasteiger charge is 2.19. The minimum atomic E-state index is 0.0993. The number of rotatable bonds is 7. The summed E-state index contributed by atoms with van der Waals surface area (Å²) in [5.74, 6) is 0.993. The van der Waals surface area contributed by atoms with E-state index in [0.717, 1.165) is 56.1 Å². The lowest BCUT2D eigenvalue weighted by molar-refractivity contribution is 0.101. The van der Waals surface area contributed by atoms with Crippen LogP contribution in [0.2, 0.25) is 0 Å². The van der Waals surface area contributed by atoms with Crippen molar-refractivity contribution >= 4 is 5.78 Å². The monoisotopic (exact) mass is 366 g/mol. The molecule has 2 aromatic rings. The molecule has 1 aliphatic rings. The molecule has 27 heavy (non-hydrogen) atoms. The van der Waals surface area contributed by atoms with E-state index in [0.29, 0.717) is 6.61 Å². The second-order valence-electron chi connectivity index (χ2n) is 7.35. The Morgan fingerprint density at radius 3 is 2.33 bits per heavy atom.